The summed E-state index contributed by atoms with van der Waals surface area (Å²) in [6.07, 6.45) is -1.09. The van der Waals surface area contributed by atoms with Gasteiger partial charge in [0.25, 0.3) is 5.91 Å². The van der Waals surface area contributed by atoms with E-state index in [1.54, 1.807) is 24.3 Å². The van der Waals surface area contributed by atoms with E-state index in [1.165, 1.54) is 18.2 Å². The number of imide groups is 1. The van der Waals surface area contributed by atoms with E-state index in [1.807, 2.05) is 42.5 Å². The molecule has 0 radical (unpaired) electrons. The highest BCUT2D eigenvalue weighted by Gasteiger charge is 2.61. The van der Waals surface area contributed by atoms with Gasteiger partial charge in [-0.05, 0) is 42.5 Å². The van der Waals surface area contributed by atoms with E-state index in [9.17, 15) is 14.0 Å². The zero-order valence-electron chi connectivity index (χ0n) is 16.9. The first-order valence-corrected chi connectivity index (χ1v) is 10.8. The molecule has 0 bridgehead atoms. The lowest BCUT2D eigenvalue weighted by molar-refractivity contribution is -0.126. The summed E-state index contributed by atoms with van der Waals surface area (Å²) in [5, 5.41) is 1.58. The van der Waals surface area contributed by atoms with E-state index in [4.69, 9.17) is 9.57 Å². The molecule has 0 aromatic heterocycles. The standard InChI is InChI=1S/C24H18BrFN2O4/c1-31-19-12-11-14(25)13-16(19)21-20-22(32-28(21)15-7-3-2-4-8-15)24(30)27(23(20)29)18-10-6-5-9-17(18)26/h2-13,20-22H,1H3/t20-,21+,22+/m1/s1. The molecule has 3 atom stereocenters. The van der Waals surface area contributed by atoms with Gasteiger partial charge in [-0.1, -0.05) is 46.3 Å². The maximum absolute atomic E-state index is 14.5. The van der Waals surface area contributed by atoms with Crippen molar-refractivity contribution in [3.63, 3.8) is 0 Å². The zero-order chi connectivity index (χ0) is 22.4. The molecule has 2 saturated heterocycles. The number of hydrogen-bond donors (Lipinski definition) is 0. The molecular weight excluding hydrogens is 479 g/mol. The second kappa shape index (κ2) is 8.03. The third-order valence-corrected chi connectivity index (χ3v) is 6.22. The number of hydrogen-bond acceptors (Lipinski definition) is 5. The Hall–Kier alpha value is -3.23. The molecule has 2 heterocycles. The molecule has 5 rings (SSSR count). The first-order valence-electron chi connectivity index (χ1n) is 9.98. The number of fused-ring (bicyclic) bond motifs is 1. The summed E-state index contributed by atoms with van der Waals surface area (Å²) in [5.74, 6) is -2.10. The van der Waals surface area contributed by atoms with E-state index in [-0.39, 0.29) is 5.69 Å². The topological polar surface area (TPSA) is 59.1 Å². The Kier molecular flexibility index (Phi) is 5.19. The van der Waals surface area contributed by atoms with Crippen LogP contribution in [0.4, 0.5) is 15.8 Å². The van der Waals surface area contributed by atoms with Gasteiger partial charge in [0.15, 0.2) is 6.10 Å². The van der Waals surface area contributed by atoms with Gasteiger partial charge in [-0.25, -0.2) is 14.4 Å². The van der Waals surface area contributed by atoms with Crippen LogP contribution in [0.1, 0.15) is 11.6 Å². The van der Waals surface area contributed by atoms with Crippen molar-refractivity contribution in [1.82, 2.24) is 0 Å². The number of carbonyl (C=O) groups is 2. The van der Waals surface area contributed by atoms with Crippen LogP contribution < -0.4 is 14.7 Å². The molecule has 0 aliphatic carbocycles. The van der Waals surface area contributed by atoms with E-state index in [2.05, 4.69) is 15.9 Å². The van der Waals surface area contributed by atoms with Crippen LogP contribution >= 0.6 is 15.9 Å². The zero-order valence-corrected chi connectivity index (χ0v) is 18.5. The number of rotatable bonds is 4. The fourth-order valence-electron chi connectivity index (χ4n) is 4.34. The Morgan fingerprint density at radius 1 is 0.969 bits per heavy atom. The number of hydroxylamine groups is 1. The average molecular weight is 497 g/mol. The highest BCUT2D eigenvalue weighted by Crippen LogP contribution is 2.50. The predicted octanol–water partition coefficient (Wildman–Crippen LogP) is 4.65. The van der Waals surface area contributed by atoms with Crippen LogP contribution in [0.2, 0.25) is 0 Å². The number of amides is 2. The van der Waals surface area contributed by atoms with Crippen molar-refractivity contribution in [2.24, 2.45) is 5.92 Å². The van der Waals surface area contributed by atoms with Gasteiger partial charge in [-0.2, -0.15) is 0 Å². The minimum absolute atomic E-state index is 0.0771. The summed E-state index contributed by atoms with van der Waals surface area (Å²) in [5.41, 5.74) is 1.29. The molecule has 0 spiro atoms. The van der Waals surface area contributed by atoms with Crippen molar-refractivity contribution in [2.75, 3.05) is 17.1 Å². The fourth-order valence-corrected chi connectivity index (χ4v) is 4.71. The van der Waals surface area contributed by atoms with Crippen LogP contribution in [-0.2, 0) is 14.4 Å². The Bertz CT molecular complexity index is 1210. The van der Waals surface area contributed by atoms with E-state index < -0.39 is 35.7 Å². The lowest BCUT2D eigenvalue weighted by Crippen LogP contribution is -2.38. The first kappa shape index (κ1) is 20.7. The number of para-hydroxylation sites is 2. The highest BCUT2D eigenvalue weighted by molar-refractivity contribution is 9.10. The molecule has 3 aromatic rings. The van der Waals surface area contributed by atoms with Gasteiger partial charge in [0.2, 0.25) is 5.91 Å². The summed E-state index contributed by atoms with van der Waals surface area (Å²) in [7, 11) is 1.54. The molecule has 0 saturated carbocycles. The minimum atomic E-state index is -1.09. The van der Waals surface area contributed by atoms with E-state index >= 15 is 0 Å². The van der Waals surface area contributed by atoms with Gasteiger partial charge in [-0.15, -0.1) is 0 Å². The van der Waals surface area contributed by atoms with Gasteiger partial charge in [0, 0.05) is 10.0 Å². The van der Waals surface area contributed by atoms with Crippen LogP contribution in [0.3, 0.4) is 0 Å². The van der Waals surface area contributed by atoms with Crippen molar-refractivity contribution in [3.8, 4) is 5.75 Å². The molecule has 2 aliphatic rings. The molecule has 162 valence electrons. The van der Waals surface area contributed by atoms with Crippen LogP contribution in [0.5, 0.6) is 5.75 Å². The lowest BCUT2D eigenvalue weighted by atomic mass is 9.90. The maximum atomic E-state index is 14.5. The molecule has 2 fully saturated rings. The van der Waals surface area contributed by atoms with Crippen LogP contribution in [0.15, 0.2) is 77.3 Å². The summed E-state index contributed by atoms with van der Waals surface area (Å²) in [6, 6.07) is 19.7. The molecule has 0 unspecified atom stereocenters. The third-order valence-electron chi connectivity index (χ3n) is 5.73. The smallest absolute Gasteiger partial charge is 0.266 e. The number of halogens is 2. The number of anilines is 2. The SMILES string of the molecule is COc1ccc(Br)cc1[C@H]1[C@H]2C(=O)N(c3ccccc3F)C(=O)[C@H]2ON1c1ccccc1. The molecule has 2 amide bonds. The molecule has 3 aromatic carbocycles. The maximum Gasteiger partial charge on any atom is 0.266 e. The summed E-state index contributed by atoms with van der Waals surface area (Å²) in [4.78, 5) is 33.8. The second-order valence-corrected chi connectivity index (χ2v) is 8.42. The molecule has 0 N–H and O–H groups in total. The Morgan fingerprint density at radius 3 is 2.41 bits per heavy atom. The molecule has 6 nitrogen and oxygen atoms in total. The van der Waals surface area contributed by atoms with Gasteiger partial charge in [0.05, 0.1) is 24.5 Å². The Balaban J connectivity index is 1.65. The van der Waals surface area contributed by atoms with Gasteiger partial charge >= 0.3 is 0 Å². The largest absolute Gasteiger partial charge is 0.496 e. The molecule has 8 heteroatoms. The number of ether oxygens (including phenoxy) is 1. The Labute approximate surface area is 192 Å². The van der Waals surface area contributed by atoms with Crippen LogP contribution in [0, 0.1) is 11.7 Å². The van der Waals surface area contributed by atoms with Crippen LogP contribution in [0.25, 0.3) is 0 Å². The second-order valence-electron chi connectivity index (χ2n) is 7.51. The molecule has 2 aliphatic heterocycles. The number of methoxy groups -OCH3 is 1. The number of nitrogens with zero attached hydrogens (tertiary/aromatic N) is 2. The van der Waals surface area contributed by atoms with Crippen molar-refractivity contribution in [1.29, 1.82) is 0 Å². The van der Waals surface area contributed by atoms with Crippen molar-refractivity contribution in [3.05, 3.63) is 88.6 Å². The van der Waals surface area contributed by atoms with E-state index in [0.717, 1.165) is 9.37 Å². The quantitative estimate of drug-likeness (QED) is 0.492. The van der Waals surface area contributed by atoms with Crippen molar-refractivity contribution < 1.29 is 23.6 Å². The van der Waals surface area contributed by atoms with Gasteiger partial charge < -0.3 is 4.74 Å². The summed E-state index contributed by atoms with van der Waals surface area (Å²) >= 11 is 3.48. The molecule has 32 heavy (non-hydrogen) atoms. The first-order chi connectivity index (χ1) is 15.5. The van der Waals surface area contributed by atoms with E-state index in [0.29, 0.717) is 17.0 Å². The average Bonchev–Trinajstić information content (AvgIpc) is 3.31. The van der Waals surface area contributed by atoms with Gasteiger partial charge in [0.1, 0.15) is 17.5 Å². The number of benzene rings is 3. The normalized spacial score (nSPS) is 22.4. The minimum Gasteiger partial charge on any atom is -0.496 e. The summed E-state index contributed by atoms with van der Waals surface area (Å²) < 4.78 is 20.8. The highest BCUT2D eigenvalue weighted by atomic mass is 79.9. The monoisotopic (exact) mass is 496 g/mol. The van der Waals surface area contributed by atoms with Gasteiger partial charge in [-0.3, -0.25) is 14.4 Å². The van der Waals surface area contributed by atoms with Crippen molar-refractivity contribution in [2.45, 2.75) is 12.1 Å². The van der Waals surface area contributed by atoms with Crippen LogP contribution in [-0.4, -0.2) is 25.0 Å². The fraction of sp³-hybridized carbons (Fsp3) is 0.167. The lowest BCUT2D eigenvalue weighted by Gasteiger charge is -2.29. The summed E-state index contributed by atoms with van der Waals surface area (Å²) in [6.45, 7) is 0. The molecular formula is C24H18BrFN2O4. The third kappa shape index (κ3) is 3.18. The predicted molar refractivity (Wildman–Crippen MR) is 120 cm³/mol. The Morgan fingerprint density at radius 2 is 1.69 bits per heavy atom. The number of carbonyl (C=O) groups excluding carboxylic acids is 2. The van der Waals surface area contributed by atoms with Crippen molar-refractivity contribution >= 4 is 39.1 Å².